The van der Waals surface area contributed by atoms with Crippen molar-refractivity contribution in [2.75, 3.05) is 41.3 Å². The summed E-state index contributed by atoms with van der Waals surface area (Å²) in [6, 6.07) is 13.9. The number of nitrogens with zero attached hydrogens (tertiary/aromatic N) is 6. The topological polar surface area (TPSA) is 94.3 Å². The normalized spacial score (nSPS) is 11.6. The Labute approximate surface area is 223 Å². The third kappa shape index (κ3) is 6.44. The van der Waals surface area contributed by atoms with E-state index in [0.717, 1.165) is 6.54 Å². The molecular formula is C25H29ClN7O3S+. The Morgan fingerprint density at radius 2 is 2.00 bits per heavy atom. The molecule has 4 aromatic rings. The van der Waals surface area contributed by atoms with Gasteiger partial charge in [-0.15, -0.1) is 16.4 Å². The minimum atomic E-state index is -0.227. The lowest BCUT2D eigenvalue weighted by molar-refractivity contribution is -0.997. The summed E-state index contributed by atoms with van der Waals surface area (Å²) in [6.07, 6.45) is 3.45. The van der Waals surface area contributed by atoms with Crippen LogP contribution in [-0.2, 0) is 6.54 Å². The Balaban J connectivity index is 1.57. The average molecular weight is 543 g/mol. The number of pyridine rings is 1. The largest absolute Gasteiger partial charge is 0.485 e. The molecule has 0 atom stereocenters. The molecule has 3 aromatic heterocycles. The van der Waals surface area contributed by atoms with Gasteiger partial charge in [0.2, 0.25) is 0 Å². The van der Waals surface area contributed by atoms with E-state index >= 15 is 0 Å². The fraction of sp³-hybridized carbons (Fsp3) is 0.280. The molecule has 0 fully saturated rings. The third-order valence-electron chi connectivity index (χ3n) is 6.04. The van der Waals surface area contributed by atoms with E-state index in [0.29, 0.717) is 43.2 Å². The maximum Gasteiger partial charge on any atom is 0.261 e. The molecule has 0 aliphatic carbocycles. The number of rotatable bonds is 10. The van der Waals surface area contributed by atoms with Crippen molar-refractivity contribution in [1.82, 2.24) is 29.9 Å². The molecule has 1 amide bonds. The maximum absolute atomic E-state index is 12.4. The van der Waals surface area contributed by atoms with Crippen LogP contribution in [0.1, 0.15) is 15.4 Å². The van der Waals surface area contributed by atoms with E-state index in [2.05, 4.69) is 34.7 Å². The van der Waals surface area contributed by atoms with Crippen LogP contribution in [0.3, 0.4) is 0 Å². The van der Waals surface area contributed by atoms with E-state index in [1.807, 2.05) is 32.3 Å². The second kappa shape index (κ2) is 11.3. The van der Waals surface area contributed by atoms with Crippen molar-refractivity contribution in [2.24, 2.45) is 0 Å². The van der Waals surface area contributed by atoms with Gasteiger partial charge in [0, 0.05) is 32.4 Å². The second-order valence-electron chi connectivity index (χ2n) is 9.04. The Bertz CT molecular complexity index is 1440. The summed E-state index contributed by atoms with van der Waals surface area (Å²) in [6.45, 7) is 1.37. The fourth-order valence-corrected chi connectivity index (χ4v) is 4.33. The van der Waals surface area contributed by atoms with Gasteiger partial charge in [0.15, 0.2) is 0 Å². The lowest BCUT2D eigenvalue weighted by Gasteiger charge is -2.34. The molecule has 0 saturated carbocycles. The molecule has 3 heterocycles. The van der Waals surface area contributed by atoms with Crippen LogP contribution in [0.4, 0.5) is 0 Å². The Hall–Kier alpha value is -3.51. The van der Waals surface area contributed by atoms with Gasteiger partial charge in [0.1, 0.15) is 30.3 Å². The maximum atomic E-state index is 12.4. The van der Waals surface area contributed by atoms with Crippen molar-refractivity contribution in [3.05, 3.63) is 86.2 Å². The number of benzene rings is 1. The summed E-state index contributed by atoms with van der Waals surface area (Å²) in [4.78, 5) is 25.3. The van der Waals surface area contributed by atoms with E-state index in [4.69, 9.17) is 16.3 Å². The summed E-state index contributed by atoms with van der Waals surface area (Å²) >= 11 is 7.14. The quantitative estimate of drug-likeness (QED) is 0.244. The highest BCUT2D eigenvalue weighted by Crippen LogP contribution is 2.26. The van der Waals surface area contributed by atoms with Crippen LogP contribution in [-0.4, -0.2) is 76.4 Å². The lowest BCUT2D eigenvalue weighted by Crippen LogP contribution is -2.52. The number of hydrogen-bond donors (Lipinski definition) is 1. The number of likely N-dealkylation sites (N-methyl/N-ethyl adjacent to an activating group) is 1. The molecule has 194 valence electrons. The smallest absolute Gasteiger partial charge is 0.261 e. The van der Waals surface area contributed by atoms with Crippen molar-refractivity contribution in [2.45, 2.75) is 6.54 Å². The molecule has 0 aliphatic heterocycles. The second-order valence-corrected chi connectivity index (χ2v) is 10.8. The zero-order chi connectivity index (χ0) is 26.6. The first-order valence-electron chi connectivity index (χ1n) is 11.5. The summed E-state index contributed by atoms with van der Waals surface area (Å²) < 4.78 is 10.6. The van der Waals surface area contributed by atoms with Gasteiger partial charge in [-0.2, -0.15) is 5.01 Å². The van der Waals surface area contributed by atoms with Crippen LogP contribution in [0.25, 0.3) is 11.4 Å². The van der Waals surface area contributed by atoms with Crippen molar-refractivity contribution in [1.29, 1.82) is 0 Å². The molecule has 0 bridgehead atoms. The van der Waals surface area contributed by atoms with E-state index in [1.54, 1.807) is 45.9 Å². The number of halogens is 1. The highest BCUT2D eigenvalue weighted by molar-refractivity contribution is 7.17. The number of quaternary nitrogens is 1. The molecule has 0 unspecified atom stereocenters. The van der Waals surface area contributed by atoms with Crippen LogP contribution in [0.5, 0.6) is 5.75 Å². The molecule has 1 aromatic carbocycles. The Kier molecular flexibility index (Phi) is 8.08. The van der Waals surface area contributed by atoms with Crippen molar-refractivity contribution >= 4 is 28.8 Å². The number of nitrogens with one attached hydrogen (secondary N) is 1. The van der Waals surface area contributed by atoms with Crippen LogP contribution in [0.15, 0.2) is 65.7 Å². The number of ether oxygens (including phenoxy) is 1. The number of carbonyl (C=O) groups is 1. The van der Waals surface area contributed by atoms with E-state index in [1.165, 1.54) is 17.4 Å². The average Bonchev–Trinajstić information content (AvgIpc) is 3.52. The molecule has 4 rings (SSSR count). The van der Waals surface area contributed by atoms with Gasteiger partial charge < -0.3 is 10.1 Å². The van der Waals surface area contributed by atoms with Crippen molar-refractivity contribution < 1.29 is 14.1 Å². The molecule has 0 spiro atoms. The van der Waals surface area contributed by atoms with Gasteiger partial charge in [-0.05, 0) is 30.3 Å². The Morgan fingerprint density at radius 1 is 1.19 bits per heavy atom. The molecule has 10 nitrogen and oxygen atoms in total. The van der Waals surface area contributed by atoms with E-state index in [-0.39, 0.29) is 18.0 Å². The lowest BCUT2D eigenvalue weighted by atomic mass is 10.2. The molecular weight excluding hydrogens is 514 g/mol. The van der Waals surface area contributed by atoms with Crippen LogP contribution >= 0.6 is 22.9 Å². The minimum absolute atomic E-state index is 0.141. The summed E-state index contributed by atoms with van der Waals surface area (Å²) in [7, 11) is 8.20. The number of amides is 1. The van der Waals surface area contributed by atoms with Gasteiger partial charge in [0.25, 0.3) is 11.5 Å². The number of aromatic nitrogens is 4. The molecule has 1 N–H and O–H groups in total. The first kappa shape index (κ1) is 26.6. The summed E-state index contributed by atoms with van der Waals surface area (Å²) in [5, 5.41) is 13.4. The molecule has 37 heavy (non-hydrogen) atoms. The first-order valence-corrected chi connectivity index (χ1v) is 12.7. The van der Waals surface area contributed by atoms with Crippen LogP contribution in [0, 0.1) is 0 Å². The van der Waals surface area contributed by atoms with Gasteiger partial charge in [-0.1, -0.05) is 22.9 Å². The minimum Gasteiger partial charge on any atom is -0.485 e. The predicted octanol–water partition coefficient (Wildman–Crippen LogP) is 2.99. The summed E-state index contributed by atoms with van der Waals surface area (Å²) in [5.41, 5.74) is 1.78. The first-order chi connectivity index (χ1) is 17.6. The van der Waals surface area contributed by atoms with Crippen molar-refractivity contribution in [3.63, 3.8) is 0 Å². The zero-order valence-corrected chi connectivity index (χ0v) is 22.7. The summed E-state index contributed by atoms with van der Waals surface area (Å²) in [5.74, 6) is 0.329. The third-order valence-corrected chi connectivity index (χ3v) is 7.27. The van der Waals surface area contributed by atoms with Gasteiger partial charge in [-0.25, -0.2) is 9.27 Å². The molecule has 0 radical (unpaired) electrons. The molecule has 12 heteroatoms. The zero-order valence-electron chi connectivity index (χ0n) is 21.1. The van der Waals surface area contributed by atoms with Crippen molar-refractivity contribution in [3.8, 4) is 17.1 Å². The monoisotopic (exact) mass is 542 g/mol. The fourth-order valence-electron chi connectivity index (χ4n) is 3.37. The predicted molar refractivity (Wildman–Crippen MR) is 144 cm³/mol. The van der Waals surface area contributed by atoms with Crippen LogP contribution < -0.4 is 15.6 Å². The number of thiophene rings is 1. The Morgan fingerprint density at radius 3 is 2.70 bits per heavy atom. The van der Waals surface area contributed by atoms with Gasteiger partial charge in [-0.3, -0.25) is 14.2 Å². The highest BCUT2D eigenvalue weighted by atomic mass is 35.5. The highest BCUT2D eigenvalue weighted by Gasteiger charge is 2.19. The van der Waals surface area contributed by atoms with E-state index in [9.17, 15) is 9.59 Å². The van der Waals surface area contributed by atoms with Gasteiger partial charge in [0.05, 0.1) is 41.7 Å². The number of hydrogen-bond acceptors (Lipinski definition) is 7. The van der Waals surface area contributed by atoms with Gasteiger partial charge >= 0.3 is 0 Å². The SMILES string of the molecule is CN(C)[N+](C)(C)CCOc1cc(-n2ccccc2=O)ccc1-n1cc(CNC(=O)c2ccc(Cl)s2)nn1. The standard InChI is InChI=1S/C25H28ClN7O3S/c1-30(2)33(3,4)13-14-36-21-15-19(31-12-6-5-7-24(31)34)8-9-20(21)32-17-18(28-29-32)16-27-25(35)22-10-11-23(26)37-22/h5-12,15,17H,13-14,16H2,1-4H3/p+1. The van der Waals surface area contributed by atoms with E-state index < -0.39 is 0 Å². The molecule has 0 aliphatic rings. The molecule has 0 saturated heterocycles. The van der Waals surface area contributed by atoms with Crippen LogP contribution in [0.2, 0.25) is 4.34 Å². The number of carbonyl (C=O) groups excluding carboxylic acids is 1.